The van der Waals surface area contributed by atoms with Gasteiger partial charge in [-0.15, -0.1) is 0 Å². The van der Waals surface area contributed by atoms with E-state index in [0.717, 1.165) is 5.56 Å². The molecule has 0 saturated carbocycles. The van der Waals surface area contributed by atoms with Crippen molar-refractivity contribution in [2.45, 2.75) is 18.6 Å². The average molecular weight is 349 g/mol. The molecule has 2 rings (SSSR count). The molecule has 0 radical (unpaired) electrons. The lowest BCUT2D eigenvalue weighted by atomic mass is 10.2. The van der Waals surface area contributed by atoms with Gasteiger partial charge in [-0.05, 0) is 30.9 Å². The van der Waals surface area contributed by atoms with Gasteiger partial charge in [0.15, 0.2) is 16.7 Å². The van der Waals surface area contributed by atoms with E-state index in [-0.39, 0.29) is 17.9 Å². The smallest absolute Gasteiger partial charge is 0.343 e. The summed E-state index contributed by atoms with van der Waals surface area (Å²) in [4.78, 5) is 20.4. The number of aromatic nitrogens is 2. The van der Waals surface area contributed by atoms with Crippen molar-refractivity contribution in [3.8, 4) is 11.5 Å². The Bertz CT molecular complexity index is 724. The Hall–Kier alpha value is -2.48. The van der Waals surface area contributed by atoms with E-state index in [9.17, 15) is 9.90 Å². The molecule has 1 heterocycles. The molecule has 0 unspecified atom stereocenters. The molecule has 128 valence electrons. The maximum Gasteiger partial charge on any atom is 0.343 e. The summed E-state index contributed by atoms with van der Waals surface area (Å²) < 4.78 is 10.0. The van der Waals surface area contributed by atoms with Gasteiger partial charge in [-0.2, -0.15) is 0 Å². The van der Waals surface area contributed by atoms with E-state index in [1.165, 1.54) is 25.1 Å². The van der Waals surface area contributed by atoms with Crippen LogP contribution in [0.2, 0.25) is 0 Å². The van der Waals surface area contributed by atoms with Gasteiger partial charge >= 0.3 is 5.97 Å². The van der Waals surface area contributed by atoms with Crippen LogP contribution in [0.15, 0.2) is 29.6 Å². The fourth-order valence-electron chi connectivity index (χ4n) is 1.99. The van der Waals surface area contributed by atoms with E-state index < -0.39 is 5.97 Å². The zero-order valence-corrected chi connectivity index (χ0v) is 14.5. The van der Waals surface area contributed by atoms with Crippen LogP contribution in [0.3, 0.4) is 0 Å². The molecule has 24 heavy (non-hydrogen) atoms. The quantitative estimate of drug-likeness (QED) is 0.448. The summed E-state index contributed by atoms with van der Waals surface area (Å²) in [5, 5.41) is 13.5. The van der Waals surface area contributed by atoms with Gasteiger partial charge in [0, 0.05) is 12.7 Å². The van der Waals surface area contributed by atoms with Gasteiger partial charge in [0.1, 0.15) is 11.4 Å². The van der Waals surface area contributed by atoms with Crippen molar-refractivity contribution in [3.05, 3.63) is 35.5 Å². The van der Waals surface area contributed by atoms with Gasteiger partial charge < -0.3 is 19.9 Å². The minimum atomic E-state index is -0.481. The van der Waals surface area contributed by atoms with Crippen LogP contribution in [0.5, 0.6) is 11.5 Å². The van der Waals surface area contributed by atoms with Crippen LogP contribution in [0, 0.1) is 0 Å². The molecular formula is C16H19N3O4S. The van der Waals surface area contributed by atoms with Crippen LogP contribution in [0.1, 0.15) is 22.8 Å². The highest BCUT2D eigenvalue weighted by Crippen LogP contribution is 2.27. The van der Waals surface area contributed by atoms with E-state index >= 15 is 0 Å². The molecule has 0 bridgehead atoms. The molecule has 1 aromatic heterocycles. The Labute approximate surface area is 144 Å². The number of phenolic OH excluding ortho intramolecular Hbond substituents is 1. The summed E-state index contributed by atoms with van der Waals surface area (Å²) in [6.45, 7) is 2.38. The molecule has 0 aliphatic rings. The lowest BCUT2D eigenvalue weighted by Gasteiger charge is -2.12. The second-order valence-electron chi connectivity index (χ2n) is 4.70. The number of nitrogens with zero attached hydrogens (tertiary/aromatic N) is 2. The number of hydrogen-bond acceptors (Lipinski definition) is 8. The normalized spacial score (nSPS) is 10.3. The maximum atomic E-state index is 12.0. The number of anilines is 1. The third-order valence-corrected chi connectivity index (χ3v) is 3.71. The SMILES string of the molecule is CCOC(=O)c1cnc(SC)nc1NCc1ccc(OC)c(O)c1. The number of thioether (sulfide) groups is 1. The molecular weight excluding hydrogens is 330 g/mol. The molecule has 2 N–H and O–H groups in total. The molecule has 7 nitrogen and oxygen atoms in total. The topological polar surface area (TPSA) is 93.6 Å². The number of aromatic hydroxyl groups is 1. The summed E-state index contributed by atoms with van der Waals surface area (Å²) in [6, 6.07) is 5.07. The van der Waals surface area contributed by atoms with E-state index in [1.54, 1.807) is 19.1 Å². The van der Waals surface area contributed by atoms with E-state index in [2.05, 4.69) is 15.3 Å². The summed E-state index contributed by atoms with van der Waals surface area (Å²) >= 11 is 1.37. The first-order valence-electron chi connectivity index (χ1n) is 7.27. The first-order chi connectivity index (χ1) is 11.6. The van der Waals surface area contributed by atoms with Gasteiger partial charge in [-0.25, -0.2) is 14.8 Å². The summed E-state index contributed by atoms with van der Waals surface area (Å²) in [5.41, 5.74) is 1.08. The third-order valence-electron chi connectivity index (χ3n) is 3.15. The fraction of sp³-hybridized carbons (Fsp3) is 0.312. The first-order valence-corrected chi connectivity index (χ1v) is 8.49. The van der Waals surface area contributed by atoms with Crippen molar-refractivity contribution in [2.24, 2.45) is 0 Å². The Morgan fingerprint density at radius 2 is 2.21 bits per heavy atom. The number of phenols is 1. The van der Waals surface area contributed by atoms with Crippen molar-refractivity contribution in [2.75, 3.05) is 25.3 Å². The zero-order valence-electron chi connectivity index (χ0n) is 13.7. The Balaban J connectivity index is 2.21. The highest BCUT2D eigenvalue weighted by atomic mass is 32.2. The first kappa shape index (κ1) is 17.9. The minimum absolute atomic E-state index is 0.0508. The van der Waals surface area contributed by atoms with Crippen LogP contribution in [0.25, 0.3) is 0 Å². The van der Waals surface area contributed by atoms with Crippen LogP contribution in [-0.2, 0) is 11.3 Å². The van der Waals surface area contributed by atoms with E-state index in [0.29, 0.717) is 23.3 Å². The molecule has 0 amide bonds. The van der Waals surface area contributed by atoms with Gasteiger partial charge in [0.05, 0.1) is 13.7 Å². The monoisotopic (exact) mass is 349 g/mol. The average Bonchev–Trinajstić information content (AvgIpc) is 2.60. The molecule has 0 spiro atoms. The maximum absolute atomic E-state index is 12.0. The van der Waals surface area contributed by atoms with Gasteiger partial charge in [0.25, 0.3) is 0 Å². The van der Waals surface area contributed by atoms with E-state index in [4.69, 9.17) is 9.47 Å². The van der Waals surface area contributed by atoms with Gasteiger partial charge in [0.2, 0.25) is 0 Å². The second kappa shape index (κ2) is 8.39. The number of hydrogen-bond donors (Lipinski definition) is 2. The highest BCUT2D eigenvalue weighted by molar-refractivity contribution is 7.98. The molecule has 0 atom stereocenters. The lowest BCUT2D eigenvalue weighted by molar-refractivity contribution is 0.0526. The molecule has 0 fully saturated rings. The molecule has 0 saturated heterocycles. The summed E-state index contributed by atoms with van der Waals surface area (Å²) in [6.07, 6.45) is 3.30. The summed E-state index contributed by atoms with van der Waals surface area (Å²) in [7, 11) is 1.49. The van der Waals surface area contributed by atoms with Crippen LogP contribution < -0.4 is 10.1 Å². The summed E-state index contributed by atoms with van der Waals surface area (Å²) in [5.74, 6) is 0.362. The Morgan fingerprint density at radius 3 is 2.83 bits per heavy atom. The molecule has 0 aliphatic heterocycles. The zero-order chi connectivity index (χ0) is 17.5. The number of nitrogens with one attached hydrogen (secondary N) is 1. The Morgan fingerprint density at radius 1 is 1.42 bits per heavy atom. The predicted octanol–water partition coefficient (Wildman–Crippen LogP) is 2.70. The predicted molar refractivity (Wildman–Crippen MR) is 91.8 cm³/mol. The van der Waals surface area contributed by atoms with Gasteiger partial charge in [-0.1, -0.05) is 17.8 Å². The number of methoxy groups -OCH3 is 1. The molecule has 1 aromatic carbocycles. The van der Waals surface area contributed by atoms with Crippen molar-refractivity contribution in [1.29, 1.82) is 0 Å². The molecule has 0 aliphatic carbocycles. The minimum Gasteiger partial charge on any atom is -0.504 e. The standard InChI is InChI=1S/C16H19N3O4S/c1-4-23-15(21)11-9-18-16(24-3)19-14(11)17-8-10-5-6-13(22-2)12(20)7-10/h5-7,9,20H,4,8H2,1-3H3,(H,17,18,19). The Kier molecular flexibility index (Phi) is 6.25. The number of carbonyl (C=O) groups is 1. The third kappa shape index (κ3) is 4.29. The number of benzene rings is 1. The number of ether oxygens (including phenoxy) is 2. The van der Waals surface area contributed by atoms with Crippen LogP contribution in [-0.4, -0.2) is 41.0 Å². The fourth-order valence-corrected chi connectivity index (χ4v) is 2.33. The molecule has 2 aromatic rings. The second-order valence-corrected chi connectivity index (χ2v) is 5.47. The number of esters is 1. The highest BCUT2D eigenvalue weighted by Gasteiger charge is 2.16. The number of carbonyl (C=O) groups excluding carboxylic acids is 1. The van der Waals surface area contributed by atoms with Crippen LogP contribution in [0.4, 0.5) is 5.82 Å². The van der Waals surface area contributed by atoms with Crippen molar-refractivity contribution in [3.63, 3.8) is 0 Å². The van der Waals surface area contributed by atoms with Crippen molar-refractivity contribution in [1.82, 2.24) is 9.97 Å². The van der Waals surface area contributed by atoms with Crippen molar-refractivity contribution >= 4 is 23.5 Å². The largest absolute Gasteiger partial charge is 0.504 e. The van der Waals surface area contributed by atoms with E-state index in [1.807, 2.05) is 12.3 Å². The van der Waals surface area contributed by atoms with Crippen molar-refractivity contribution < 1.29 is 19.4 Å². The molecule has 8 heteroatoms. The van der Waals surface area contributed by atoms with Crippen LogP contribution >= 0.6 is 11.8 Å². The number of rotatable bonds is 7. The van der Waals surface area contributed by atoms with Gasteiger partial charge in [-0.3, -0.25) is 0 Å². The lowest BCUT2D eigenvalue weighted by Crippen LogP contribution is -2.12.